The van der Waals surface area contributed by atoms with E-state index in [2.05, 4.69) is 10.6 Å². The van der Waals surface area contributed by atoms with Crippen molar-refractivity contribution in [3.05, 3.63) is 34.9 Å². The Labute approximate surface area is 125 Å². The van der Waals surface area contributed by atoms with E-state index in [1.54, 1.807) is 0 Å². The van der Waals surface area contributed by atoms with Crippen molar-refractivity contribution in [1.82, 2.24) is 10.6 Å². The van der Waals surface area contributed by atoms with Crippen LogP contribution in [0.4, 0.5) is 0 Å². The van der Waals surface area contributed by atoms with Gasteiger partial charge in [-0.2, -0.15) is 0 Å². The number of rotatable bonds is 3. The summed E-state index contributed by atoms with van der Waals surface area (Å²) in [5.41, 5.74) is 3.21. The summed E-state index contributed by atoms with van der Waals surface area (Å²) in [6.45, 7) is 2.32. The average molecular weight is 297 g/mol. The van der Waals surface area contributed by atoms with Gasteiger partial charge in [0.2, 0.25) is 0 Å². The monoisotopic (exact) mass is 296 g/mol. The first-order valence-corrected chi connectivity index (χ1v) is 7.03. The molecule has 1 saturated carbocycles. The highest BCUT2D eigenvalue weighted by atomic mass is 35.5. The summed E-state index contributed by atoms with van der Waals surface area (Å²) in [7, 11) is 0. The molecule has 0 bridgehead atoms. The first-order valence-electron chi connectivity index (χ1n) is 7.03. The van der Waals surface area contributed by atoms with Crippen LogP contribution in [0.3, 0.4) is 0 Å². The molecule has 0 radical (unpaired) electrons. The molecule has 20 heavy (non-hydrogen) atoms. The molecule has 2 atom stereocenters. The van der Waals surface area contributed by atoms with Crippen LogP contribution >= 0.6 is 12.4 Å². The van der Waals surface area contributed by atoms with Gasteiger partial charge in [-0.3, -0.25) is 4.79 Å². The molecule has 1 amide bonds. The van der Waals surface area contributed by atoms with Crippen LogP contribution in [0, 0.1) is 5.92 Å². The van der Waals surface area contributed by atoms with Crippen molar-refractivity contribution in [3.8, 4) is 0 Å². The number of fused-ring (bicyclic) bond motifs is 1. The van der Waals surface area contributed by atoms with Gasteiger partial charge < -0.3 is 15.7 Å². The minimum Gasteiger partial charge on any atom is -0.393 e. The highest BCUT2D eigenvalue weighted by Gasteiger charge is 2.25. The number of nitrogens with one attached hydrogen (secondary N) is 2. The molecule has 0 aromatic heterocycles. The van der Waals surface area contributed by atoms with E-state index in [1.807, 2.05) is 18.2 Å². The average Bonchev–Trinajstić information content (AvgIpc) is 3.03. The summed E-state index contributed by atoms with van der Waals surface area (Å²) in [6.07, 6.45) is 2.69. The summed E-state index contributed by atoms with van der Waals surface area (Å²) >= 11 is 0. The lowest BCUT2D eigenvalue weighted by molar-refractivity contribution is 0.0916. The molecule has 3 rings (SSSR count). The fourth-order valence-electron chi connectivity index (χ4n) is 3.02. The summed E-state index contributed by atoms with van der Waals surface area (Å²) in [4.78, 5) is 12.1. The number of hydrogen-bond donors (Lipinski definition) is 3. The van der Waals surface area contributed by atoms with Crippen LogP contribution in [0.25, 0.3) is 0 Å². The summed E-state index contributed by atoms with van der Waals surface area (Å²) in [6, 6.07) is 5.87. The van der Waals surface area contributed by atoms with Gasteiger partial charge in [0.25, 0.3) is 5.91 Å². The molecule has 1 fully saturated rings. The van der Waals surface area contributed by atoms with E-state index in [0.717, 1.165) is 37.9 Å². The Morgan fingerprint density at radius 1 is 1.30 bits per heavy atom. The Morgan fingerprint density at radius 3 is 2.85 bits per heavy atom. The predicted molar refractivity (Wildman–Crippen MR) is 79.9 cm³/mol. The molecule has 2 aliphatic rings. The Balaban J connectivity index is 0.00000147. The first kappa shape index (κ1) is 15.3. The zero-order valence-corrected chi connectivity index (χ0v) is 12.2. The SMILES string of the molecule is Cl.O=C(NCC1CCCC1O)c1ccc2c(c1)CNC2. The van der Waals surface area contributed by atoms with Gasteiger partial charge in [0.1, 0.15) is 0 Å². The smallest absolute Gasteiger partial charge is 0.251 e. The van der Waals surface area contributed by atoms with E-state index in [4.69, 9.17) is 0 Å². The molecule has 1 aromatic rings. The second-order valence-corrected chi connectivity index (χ2v) is 5.56. The maximum atomic E-state index is 12.1. The number of aliphatic hydroxyl groups excluding tert-OH is 1. The predicted octanol–water partition coefficient (Wildman–Crippen LogP) is 1.60. The second-order valence-electron chi connectivity index (χ2n) is 5.56. The van der Waals surface area contributed by atoms with Crippen LogP contribution in [0.5, 0.6) is 0 Å². The largest absolute Gasteiger partial charge is 0.393 e. The third-order valence-corrected chi connectivity index (χ3v) is 4.24. The van der Waals surface area contributed by atoms with Crippen LogP contribution < -0.4 is 10.6 Å². The van der Waals surface area contributed by atoms with Gasteiger partial charge >= 0.3 is 0 Å². The van der Waals surface area contributed by atoms with Gasteiger partial charge in [-0.25, -0.2) is 0 Å². The van der Waals surface area contributed by atoms with E-state index in [9.17, 15) is 9.90 Å². The minimum absolute atomic E-state index is 0. The molecule has 0 saturated heterocycles. The highest BCUT2D eigenvalue weighted by molar-refractivity contribution is 5.94. The number of hydrogen-bond acceptors (Lipinski definition) is 3. The maximum Gasteiger partial charge on any atom is 0.251 e. The molecule has 2 unspecified atom stereocenters. The number of halogens is 1. The molecular formula is C15H21ClN2O2. The summed E-state index contributed by atoms with van der Waals surface area (Å²) in [5.74, 6) is 0.189. The molecule has 0 spiro atoms. The standard InChI is InChI=1S/C15H20N2O2.ClH/c18-14-3-1-2-12(14)9-17-15(19)10-4-5-11-7-16-8-13(11)6-10;/h4-6,12,14,16,18H,1-3,7-9H2,(H,17,19);1H. The van der Waals surface area contributed by atoms with Crippen molar-refractivity contribution in [1.29, 1.82) is 0 Å². The van der Waals surface area contributed by atoms with Gasteiger partial charge in [-0.05, 0) is 36.1 Å². The number of benzene rings is 1. The van der Waals surface area contributed by atoms with Gasteiger partial charge in [0.15, 0.2) is 0 Å². The minimum atomic E-state index is -0.246. The van der Waals surface area contributed by atoms with E-state index < -0.39 is 0 Å². The van der Waals surface area contributed by atoms with E-state index >= 15 is 0 Å². The van der Waals surface area contributed by atoms with Crippen molar-refractivity contribution < 1.29 is 9.90 Å². The molecule has 1 aliphatic carbocycles. The lowest BCUT2D eigenvalue weighted by Gasteiger charge is -2.15. The van der Waals surface area contributed by atoms with Crippen LogP contribution in [0.1, 0.15) is 40.7 Å². The maximum absolute atomic E-state index is 12.1. The zero-order chi connectivity index (χ0) is 13.2. The topological polar surface area (TPSA) is 61.4 Å². The van der Waals surface area contributed by atoms with Crippen LogP contribution in [-0.4, -0.2) is 23.7 Å². The van der Waals surface area contributed by atoms with E-state index in [0.29, 0.717) is 6.54 Å². The van der Waals surface area contributed by atoms with Crippen LogP contribution in [0.15, 0.2) is 18.2 Å². The Hall–Kier alpha value is -1.10. The van der Waals surface area contributed by atoms with Crippen LogP contribution in [0.2, 0.25) is 0 Å². The molecule has 4 nitrogen and oxygen atoms in total. The van der Waals surface area contributed by atoms with Gasteiger partial charge in [0, 0.05) is 31.1 Å². The lowest BCUT2D eigenvalue weighted by atomic mass is 10.0. The molecule has 110 valence electrons. The Bertz CT molecular complexity index is 493. The molecule has 5 heteroatoms. The molecular weight excluding hydrogens is 276 g/mol. The fourth-order valence-corrected chi connectivity index (χ4v) is 3.02. The third kappa shape index (κ3) is 3.14. The molecule has 3 N–H and O–H groups in total. The van der Waals surface area contributed by atoms with E-state index in [-0.39, 0.29) is 30.3 Å². The van der Waals surface area contributed by atoms with Gasteiger partial charge in [-0.15, -0.1) is 12.4 Å². The fraction of sp³-hybridized carbons (Fsp3) is 0.533. The summed E-state index contributed by atoms with van der Waals surface area (Å²) < 4.78 is 0. The van der Waals surface area contributed by atoms with Crippen molar-refractivity contribution >= 4 is 18.3 Å². The number of carbonyl (C=O) groups excluding carboxylic acids is 1. The number of amides is 1. The third-order valence-electron chi connectivity index (χ3n) is 4.24. The molecule has 1 heterocycles. The number of aliphatic hydroxyl groups is 1. The molecule has 1 aromatic carbocycles. The van der Waals surface area contributed by atoms with Crippen LogP contribution in [-0.2, 0) is 13.1 Å². The first-order chi connectivity index (χ1) is 9.24. The van der Waals surface area contributed by atoms with Gasteiger partial charge in [0.05, 0.1) is 6.10 Å². The second kappa shape index (κ2) is 6.57. The summed E-state index contributed by atoms with van der Waals surface area (Å²) in [5, 5.41) is 16.0. The molecule has 1 aliphatic heterocycles. The zero-order valence-electron chi connectivity index (χ0n) is 11.4. The Morgan fingerprint density at radius 2 is 2.10 bits per heavy atom. The number of carbonyl (C=O) groups is 1. The Kier molecular flexibility index (Phi) is 5.02. The van der Waals surface area contributed by atoms with Crippen molar-refractivity contribution in [2.75, 3.05) is 6.54 Å². The quantitative estimate of drug-likeness (QED) is 0.794. The lowest BCUT2D eigenvalue weighted by Crippen LogP contribution is -2.32. The van der Waals surface area contributed by atoms with Gasteiger partial charge in [-0.1, -0.05) is 12.5 Å². The normalized spacial score (nSPS) is 24.1. The highest BCUT2D eigenvalue weighted by Crippen LogP contribution is 2.24. The van der Waals surface area contributed by atoms with Crippen molar-refractivity contribution in [2.24, 2.45) is 5.92 Å². The van der Waals surface area contributed by atoms with E-state index in [1.165, 1.54) is 11.1 Å². The van der Waals surface area contributed by atoms with Crippen molar-refractivity contribution in [2.45, 2.75) is 38.5 Å². The van der Waals surface area contributed by atoms with Crippen molar-refractivity contribution in [3.63, 3.8) is 0 Å².